The average Bonchev–Trinajstić information content (AvgIpc) is 2.70. The van der Waals surface area contributed by atoms with Gasteiger partial charge in [-0.25, -0.2) is 8.42 Å². The zero-order chi connectivity index (χ0) is 21.0. The highest BCUT2D eigenvalue weighted by molar-refractivity contribution is 7.92. The molecule has 0 spiro atoms. The van der Waals surface area contributed by atoms with Gasteiger partial charge < -0.3 is 10.1 Å². The van der Waals surface area contributed by atoms with E-state index in [1.165, 1.54) is 25.3 Å². The van der Waals surface area contributed by atoms with Crippen LogP contribution in [0.3, 0.4) is 0 Å². The zero-order valence-corrected chi connectivity index (χ0v) is 17.3. The quantitative estimate of drug-likeness (QED) is 0.593. The van der Waals surface area contributed by atoms with Crippen LogP contribution in [0.15, 0.2) is 71.6 Å². The summed E-state index contributed by atoms with van der Waals surface area (Å²) in [6.45, 7) is 1.91. The fraction of sp³-hybridized carbons (Fsp3) is 0.0952. The minimum absolute atomic E-state index is 0.132. The first-order chi connectivity index (χ1) is 13.8. The van der Waals surface area contributed by atoms with Gasteiger partial charge >= 0.3 is 0 Å². The molecule has 150 valence electrons. The first kappa shape index (κ1) is 20.7. The Kier molecular flexibility index (Phi) is 6.10. The lowest BCUT2D eigenvalue weighted by Gasteiger charge is -2.13. The lowest BCUT2D eigenvalue weighted by Crippen LogP contribution is -2.17. The van der Waals surface area contributed by atoms with Crippen molar-refractivity contribution in [2.45, 2.75) is 11.8 Å². The van der Waals surface area contributed by atoms with E-state index in [2.05, 4.69) is 10.0 Å². The van der Waals surface area contributed by atoms with Crippen molar-refractivity contribution in [3.8, 4) is 5.75 Å². The molecule has 0 unspecified atom stereocenters. The van der Waals surface area contributed by atoms with Gasteiger partial charge in [0, 0.05) is 22.0 Å². The highest BCUT2D eigenvalue weighted by atomic mass is 35.5. The molecule has 3 aromatic rings. The van der Waals surface area contributed by atoms with Crippen molar-refractivity contribution in [2.75, 3.05) is 17.1 Å². The van der Waals surface area contributed by atoms with Gasteiger partial charge in [-0.05, 0) is 61.5 Å². The topological polar surface area (TPSA) is 84.5 Å². The third-order valence-electron chi connectivity index (χ3n) is 4.12. The molecule has 0 fully saturated rings. The number of rotatable bonds is 6. The van der Waals surface area contributed by atoms with Crippen molar-refractivity contribution in [1.82, 2.24) is 0 Å². The molecule has 0 radical (unpaired) electrons. The molecular weight excluding hydrogens is 412 g/mol. The maximum Gasteiger partial charge on any atom is 0.265 e. The molecule has 3 rings (SSSR count). The number of ether oxygens (including phenoxy) is 1. The van der Waals surface area contributed by atoms with E-state index in [9.17, 15) is 13.2 Å². The Morgan fingerprint density at radius 3 is 2.17 bits per heavy atom. The van der Waals surface area contributed by atoms with E-state index in [0.29, 0.717) is 16.4 Å². The standard InChI is InChI=1S/C21H19ClN2O4S/c1-14-3-8-18(9-4-14)24-29(26,27)20-13-15(5-12-19(20)28-2)21(25)23-17-10-6-16(22)7-11-17/h3-13,24H,1-2H3,(H,23,25). The summed E-state index contributed by atoms with van der Waals surface area (Å²) in [6, 6.07) is 17.7. The van der Waals surface area contributed by atoms with E-state index in [1.807, 2.05) is 6.92 Å². The summed E-state index contributed by atoms with van der Waals surface area (Å²) in [5, 5.41) is 3.25. The minimum Gasteiger partial charge on any atom is -0.495 e. The number of benzene rings is 3. The molecule has 0 saturated carbocycles. The molecule has 8 heteroatoms. The van der Waals surface area contributed by atoms with Crippen LogP contribution < -0.4 is 14.8 Å². The Hall–Kier alpha value is -3.03. The molecule has 6 nitrogen and oxygen atoms in total. The Morgan fingerprint density at radius 1 is 0.931 bits per heavy atom. The van der Waals surface area contributed by atoms with E-state index in [-0.39, 0.29) is 16.2 Å². The molecule has 0 aliphatic rings. The van der Waals surface area contributed by atoms with Crippen molar-refractivity contribution in [3.63, 3.8) is 0 Å². The summed E-state index contributed by atoms with van der Waals surface area (Å²) in [5.41, 5.74) is 2.13. The van der Waals surface area contributed by atoms with Crippen LogP contribution in [-0.2, 0) is 10.0 Å². The van der Waals surface area contributed by atoms with Crippen molar-refractivity contribution < 1.29 is 17.9 Å². The minimum atomic E-state index is -3.98. The predicted molar refractivity (Wildman–Crippen MR) is 114 cm³/mol. The molecule has 0 aliphatic carbocycles. The number of methoxy groups -OCH3 is 1. The number of sulfonamides is 1. The van der Waals surface area contributed by atoms with Crippen LogP contribution in [0.5, 0.6) is 5.75 Å². The van der Waals surface area contributed by atoms with Gasteiger partial charge in [-0.3, -0.25) is 9.52 Å². The van der Waals surface area contributed by atoms with Crippen LogP contribution in [0.2, 0.25) is 5.02 Å². The molecule has 0 saturated heterocycles. The zero-order valence-electron chi connectivity index (χ0n) is 15.8. The average molecular weight is 431 g/mol. The first-order valence-electron chi connectivity index (χ1n) is 8.63. The van der Waals surface area contributed by atoms with Gasteiger partial charge in [0.2, 0.25) is 0 Å². The summed E-state index contributed by atoms with van der Waals surface area (Å²) in [6.07, 6.45) is 0. The second-order valence-corrected chi connectivity index (χ2v) is 8.39. The maximum atomic E-state index is 12.9. The maximum absolute atomic E-state index is 12.9. The van der Waals surface area contributed by atoms with Crippen LogP contribution in [-0.4, -0.2) is 21.4 Å². The van der Waals surface area contributed by atoms with Crippen LogP contribution in [0.4, 0.5) is 11.4 Å². The van der Waals surface area contributed by atoms with Crippen molar-refractivity contribution >= 4 is 38.9 Å². The third-order valence-corrected chi connectivity index (χ3v) is 5.78. The van der Waals surface area contributed by atoms with Gasteiger partial charge in [0.1, 0.15) is 10.6 Å². The third kappa shape index (κ3) is 5.07. The van der Waals surface area contributed by atoms with Gasteiger partial charge in [-0.15, -0.1) is 0 Å². The normalized spacial score (nSPS) is 11.0. The Bertz CT molecular complexity index is 1130. The molecule has 1 amide bonds. The van der Waals surface area contributed by atoms with Crippen LogP contribution >= 0.6 is 11.6 Å². The number of amides is 1. The summed E-state index contributed by atoms with van der Waals surface area (Å²) >= 11 is 5.84. The molecule has 0 atom stereocenters. The molecule has 0 aliphatic heterocycles. The number of nitrogens with one attached hydrogen (secondary N) is 2. The van der Waals surface area contributed by atoms with E-state index >= 15 is 0 Å². The smallest absolute Gasteiger partial charge is 0.265 e. The van der Waals surface area contributed by atoms with Crippen LogP contribution in [0.25, 0.3) is 0 Å². The SMILES string of the molecule is COc1ccc(C(=O)Nc2ccc(Cl)cc2)cc1S(=O)(=O)Nc1ccc(C)cc1. The van der Waals surface area contributed by atoms with E-state index in [0.717, 1.165) is 5.56 Å². The van der Waals surface area contributed by atoms with Gasteiger partial charge in [0.05, 0.1) is 7.11 Å². The number of carbonyl (C=O) groups is 1. The Balaban J connectivity index is 1.90. The molecular formula is C21H19ClN2O4S. The monoisotopic (exact) mass is 430 g/mol. The van der Waals surface area contributed by atoms with Gasteiger partial charge in [0.15, 0.2) is 0 Å². The number of carbonyl (C=O) groups excluding carboxylic acids is 1. The largest absolute Gasteiger partial charge is 0.495 e. The number of anilines is 2. The fourth-order valence-electron chi connectivity index (χ4n) is 2.60. The van der Waals surface area contributed by atoms with E-state index < -0.39 is 15.9 Å². The predicted octanol–water partition coefficient (Wildman–Crippen LogP) is 4.71. The molecule has 0 bridgehead atoms. The molecule has 0 aromatic heterocycles. The second kappa shape index (κ2) is 8.55. The van der Waals surface area contributed by atoms with Crippen molar-refractivity contribution in [3.05, 3.63) is 82.9 Å². The van der Waals surface area contributed by atoms with Crippen molar-refractivity contribution in [1.29, 1.82) is 0 Å². The highest BCUT2D eigenvalue weighted by Crippen LogP contribution is 2.27. The first-order valence-corrected chi connectivity index (χ1v) is 10.5. The van der Waals surface area contributed by atoms with Gasteiger partial charge in [-0.1, -0.05) is 29.3 Å². The molecule has 2 N–H and O–H groups in total. The Morgan fingerprint density at radius 2 is 1.55 bits per heavy atom. The van der Waals surface area contributed by atoms with Gasteiger partial charge in [-0.2, -0.15) is 0 Å². The molecule has 29 heavy (non-hydrogen) atoms. The molecule has 3 aromatic carbocycles. The molecule has 0 heterocycles. The van der Waals surface area contributed by atoms with E-state index in [4.69, 9.17) is 16.3 Å². The second-order valence-electron chi connectivity index (χ2n) is 6.30. The summed E-state index contributed by atoms with van der Waals surface area (Å²) in [5.74, 6) is -0.325. The number of aryl methyl sites for hydroxylation is 1. The summed E-state index contributed by atoms with van der Waals surface area (Å²) < 4.78 is 33.5. The van der Waals surface area contributed by atoms with Crippen LogP contribution in [0, 0.1) is 6.92 Å². The van der Waals surface area contributed by atoms with E-state index in [1.54, 1.807) is 48.5 Å². The number of hydrogen-bond acceptors (Lipinski definition) is 4. The number of hydrogen-bond donors (Lipinski definition) is 2. The lowest BCUT2D eigenvalue weighted by atomic mass is 10.2. The van der Waals surface area contributed by atoms with Crippen LogP contribution in [0.1, 0.15) is 15.9 Å². The Labute approximate surface area is 174 Å². The lowest BCUT2D eigenvalue weighted by molar-refractivity contribution is 0.102. The number of halogens is 1. The fourth-order valence-corrected chi connectivity index (χ4v) is 3.98. The summed E-state index contributed by atoms with van der Waals surface area (Å²) in [4.78, 5) is 12.4. The highest BCUT2D eigenvalue weighted by Gasteiger charge is 2.22. The summed E-state index contributed by atoms with van der Waals surface area (Å²) in [7, 11) is -2.61. The van der Waals surface area contributed by atoms with Crippen molar-refractivity contribution in [2.24, 2.45) is 0 Å². The van der Waals surface area contributed by atoms with Gasteiger partial charge in [0.25, 0.3) is 15.9 Å².